The Morgan fingerprint density at radius 3 is 2.46 bits per heavy atom. The summed E-state index contributed by atoms with van der Waals surface area (Å²) in [5.74, 6) is -0.759. The molecule has 0 aromatic heterocycles. The lowest BCUT2D eigenvalue weighted by Crippen LogP contribution is -2.53. The number of nitrogens with zero attached hydrogens (tertiary/aromatic N) is 2. The highest BCUT2D eigenvalue weighted by molar-refractivity contribution is 8.14. The molecule has 2 N–H and O–H groups in total. The van der Waals surface area contributed by atoms with Crippen LogP contribution in [0.4, 0.5) is 0 Å². The van der Waals surface area contributed by atoms with Crippen molar-refractivity contribution >= 4 is 34.5 Å². The number of ether oxygens (including phenoxy) is 1. The van der Waals surface area contributed by atoms with Gasteiger partial charge in [-0.2, -0.15) is 0 Å². The summed E-state index contributed by atoms with van der Waals surface area (Å²) in [7, 11) is 1.91. The summed E-state index contributed by atoms with van der Waals surface area (Å²) >= 11 is 1.54. The second-order valence-electron chi connectivity index (χ2n) is 7.89. The highest BCUT2D eigenvalue weighted by Gasteiger charge is 2.37. The minimum absolute atomic E-state index is 0.0523. The van der Waals surface area contributed by atoms with E-state index in [4.69, 9.17) is 4.74 Å². The number of hydrogen-bond donors (Lipinski definition) is 2. The number of nitrogens with one attached hydrogen (secondary N) is 2. The Morgan fingerprint density at radius 2 is 1.86 bits per heavy atom. The summed E-state index contributed by atoms with van der Waals surface area (Å²) in [6.07, 6.45) is 5.08. The molecule has 0 unspecified atom stereocenters. The molecule has 0 bridgehead atoms. The van der Waals surface area contributed by atoms with E-state index in [1.807, 2.05) is 11.9 Å². The van der Waals surface area contributed by atoms with E-state index < -0.39 is 17.7 Å². The molecule has 0 spiro atoms. The fraction of sp³-hybridized carbons (Fsp3) is 0.789. The summed E-state index contributed by atoms with van der Waals surface area (Å²) in [5.41, 5.74) is 2.39. The van der Waals surface area contributed by atoms with E-state index in [-0.39, 0.29) is 17.7 Å². The second kappa shape index (κ2) is 9.73. The molecule has 1 aliphatic carbocycles. The third-order valence-corrected chi connectivity index (χ3v) is 7.22. The normalized spacial score (nSPS) is 26.4. The van der Waals surface area contributed by atoms with Gasteiger partial charge in [-0.1, -0.05) is 24.6 Å². The Labute approximate surface area is 170 Å². The first-order valence-corrected chi connectivity index (χ1v) is 11.1. The van der Waals surface area contributed by atoms with Gasteiger partial charge in [0, 0.05) is 38.0 Å². The number of Topliss-reactive ketones (excluding diaryl/α,β-unsaturated/α-hetero) is 1. The van der Waals surface area contributed by atoms with Gasteiger partial charge in [-0.05, 0) is 38.5 Å². The van der Waals surface area contributed by atoms with Crippen molar-refractivity contribution in [3.05, 3.63) is 0 Å². The minimum Gasteiger partial charge on any atom is -0.381 e. The lowest BCUT2D eigenvalue weighted by atomic mass is 9.88. The first-order valence-electron chi connectivity index (χ1n) is 10.1. The van der Waals surface area contributed by atoms with Crippen molar-refractivity contribution in [2.45, 2.75) is 57.5 Å². The van der Waals surface area contributed by atoms with Crippen molar-refractivity contribution in [2.75, 3.05) is 26.0 Å². The summed E-state index contributed by atoms with van der Waals surface area (Å²) in [5, 5.41) is 7.68. The summed E-state index contributed by atoms with van der Waals surface area (Å²) in [6, 6.07) is -0.484. The van der Waals surface area contributed by atoms with Crippen LogP contribution in [0.2, 0.25) is 0 Å². The van der Waals surface area contributed by atoms with Crippen LogP contribution >= 0.6 is 11.8 Å². The molecule has 0 radical (unpaired) electrons. The maximum absolute atomic E-state index is 12.9. The maximum Gasteiger partial charge on any atom is 0.309 e. The van der Waals surface area contributed by atoms with Gasteiger partial charge in [0.15, 0.2) is 5.17 Å². The first-order chi connectivity index (χ1) is 13.5. The van der Waals surface area contributed by atoms with E-state index in [0.29, 0.717) is 37.3 Å². The molecule has 3 rings (SSSR count). The maximum atomic E-state index is 12.9. The van der Waals surface area contributed by atoms with Crippen LogP contribution in [-0.2, 0) is 19.1 Å². The molecule has 2 aliphatic heterocycles. The van der Waals surface area contributed by atoms with Gasteiger partial charge >= 0.3 is 5.91 Å². The van der Waals surface area contributed by atoms with E-state index in [0.717, 1.165) is 31.4 Å². The first kappa shape index (κ1) is 21.1. The largest absolute Gasteiger partial charge is 0.381 e. The fourth-order valence-corrected chi connectivity index (χ4v) is 5.02. The molecule has 2 heterocycles. The fourth-order valence-electron chi connectivity index (χ4n) is 3.91. The zero-order valence-electron chi connectivity index (χ0n) is 16.6. The highest BCUT2D eigenvalue weighted by Crippen LogP contribution is 2.26. The van der Waals surface area contributed by atoms with Crippen molar-refractivity contribution in [1.29, 1.82) is 0 Å². The van der Waals surface area contributed by atoms with Gasteiger partial charge < -0.3 is 15.0 Å². The van der Waals surface area contributed by atoms with Crippen LogP contribution in [0.3, 0.4) is 0 Å². The lowest BCUT2D eigenvalue weighted by Gasteiger charge is -2.30. The van der Waals surface area contributed by atoms with Crippen molar-refractivity contribution in [3.63, 3.8) is 0 Å². The van der Waals surface area contributed by atoms with Crippen LogP contribution in [0.1, 0.15) is 45.4 Å². The Morgan fingerprint density at radius 1 is 1.18 bits per heavy atom. The molecule has 1 saturated carbocycles. The van der Waals surface area contributed by atoms with Crippen LogP contribution in [0.25, 0.3) is 0 Å². The molecule has 3 aliphatic rings. The van der Waals surface area contributed by atoms with Crippen molar-refractivity contribution in [1.82, 2.24) is 15.6 Å². The van der Waals surface area contributed by atoms with Crippen LogP contribution in [0, 0.1) is 11.8 Å². The predicted octanol–water partition coefficient (Wildman–Crippen LogP) is 1.11. The van der Waals surface area contributed by atoms with Gasteiger partial charge in [-0.3, -0.25) is 14.4 Å². The van der Waals surface area contributed by atoms with Gasteiger partial charge in [-0.25, -0.2) is 5.43 Å². The lowest BCUT2D eigenvalue weighted by molar-refractivity contribution is -0.142. The second-order valence-corrected chi connectivity index (χ2v) is 8.88. The molecule has 8 nitrogen and oxygen atoms in total. The number of amides is 2. The molecule has 28 heavy (non-hydrogen) atoms. The molecular weight excluding hydrogens is 380 g/mol. The molecular formula is C19H30N4O4S. The minimum atomic E-state index is -0.815. The molecule has 3 fully saturated rings. The molecule has 0 aromatic carbocycles. The number of thioether (sulfide) groups is 1. The number of ketones is 1. The summed E-state index contributed by atoms with van der Waals surface area (Å²) in [6.45, 7) is 3.15. The average molecular weight is 411 g/mol. The van der Waals surface area contributed by atoms with Crippen LogP contribution in [0.5, 0.6) is 0 Å². The molecule has 156 valence electrons. The third kappa shape index (κ3) is 5.05. The summed E-state index contributed by atoms with van der Waals surface area (Å²) in [4.78, 5) is 40.0. The van der Waals surface area contributed by atoms with E-state index in [9.17, 15) is 14.4 Å². The zero-order chi connectivity index (χ0) is 20.1. The van der Waals surface area contributed by atoms with Gasteiger partial charge in [0.05, 0.1) is 0 Å². The van der Waals surface area contributed by atoms with Crippen LogP contribution in [-0.4, -0.2) is 65.8 Å². The highest BCUT2D eigenvalue weighted by atomic mass is 32.2. The Kier molecular flexibility index (Phi) is 7.34. The third-order valence-electron chi connectivity index (χ3n) is 5.94. The van der Waals surface area contributed by atoms with Crippen LogP contribution < -0.4 is 10.7 Å². The smallest absolute Gasteiger partial charge is 0.309 e. The SMILES string of the molecule is C[C@@H]1CS/C(=N\NC(=O)C(=O)[C@@H](NC(=O)C2CCCC2)C2CCOCC2)N1C. The molecule has 9 heteroatoms. The topological polar surface area (TPSA) is 100 Å². The van der Waals surface area contributed by atoms with E-state index in [1.54, 1.807) is 0 Å². The zero-order valence-corrected chi connectivity index (χ0v) is 17.4. The molecule has 2 amide bonds. The quantitative estimate of drug-likeness (QED) is 0.503. The van der Waals surface area contributed by atoms with Gasteiger partial charge in [0.25, 0.3) is 0 Å². The van der Waals surface area contributed by atoms with Gasteiger partial charge in [-0.15, -0.1) is 5.10 Å². The van der Waals surface area contributed by atoms with E-state index in [2.05, 4.69) is 22.8 Å². The average Bonchev–Trinajstić information content (AvgIpc) is 3.36. The van der Waals surface area contributed by atoms with Crippen molar-refractivity contribution in [3.8, 4) is 0 Å². The van der Waals surface area contributed by atoms with Crippen molar-refractivity contribution < 1.29 is 19.1 Å². The molecule has 2 atom stereocenters. The Balaban J connectivity index is 1.65. The standard InChI is InChI=1S/C19H30N4O4S/c1-12-11-28-19(23(12)2)22-21-18(26)16(24)15(13-7-9-27-10-8-13)20-17(25)14-5-3-4-6-14/h12-15H,3-11H2,1-2H3,(H,20,25)(H,21,26)/b22-19-/t12-,15+/m1/s1. The predicted molar refractivity (Wildman–Crippen MR) is 108 cm³/mol. The Hall–Kier alpha value is -1.61. The number of carbonyl (C=O) groups is 3. The number of hydrogen-bond acceptors (Lipinski definition) is 6. The van der Waals surface area contributed by atoms with E-state index in [1.165, 1.54) is 11.8 Å². The van der Waals surface area contributed by atoms with Gasteiger partial charge in [0.1, 0.15) is 6.04 Å². The monoisotopic (exact) mass is 410 g/mol. The summed E-state index contributed by atoms with van der Waals surface area (Å²) < 4.78 is 5.38. The van der Waals surface area contributed by atoms with E-state index >= 15 is 0 Å². The number of carbonyl (C=O) groups excluding carboxylic acids is 3. The molecule has 2 saturated heterocycles. The number of hydrazone groups is 1. The van der Waals surface area contributed by atoms with Crippen molar-refractivity contribution in [2.24, 2.45) is 16.9 Å². The van der Waals surface area contributed by atoms with Crippen LogP contribution in [0.15, 0.2) is 5.10 Å². The molecule has 0 aromatic rings. The van der Waals surface area contributed by atoms with Gasteiger partial charge in [0.2, 0.25) is 11.7 Å². The number of amidine groups is 1. The number of rotatable bonds is 6. The Bertz CT molecular complexity index is 629.